The highest BCUT2D eigenvalue weighted by molar-refractivity contribution is 5.24. The third-order valence-electron chi connectivity index (χ3n) is 4.83. The van der Waals surface area contributed by atoms with E-state index < -0.39 is 0 Å². The molecule has 1 unspecified atom stereocenters. The van der Waals surface area contributed by atoms with Crippen molar-refractivity contribution in [1.82, 2.24) is 0 Å². The van der Waals surface area contributed by atoms with Crippen molar-refractivity contribution >= 4 is 0 Å². The van der Waals surface area contributed by atoms with E-state index >= 15 is 0 Å². The summed E-state index contributed by atoms with van der Waals surface area (Å²) in [6.45, 7) is 0.950. The van der Waals surface area contributed by atoms with E-state index in [4.69, 9.17) is 4.74 Å². The Morgan fingerprint density at radius 3 is 2.33 bits per heavy atom. The number of ether oxygens (including phenoxy) is 1. The van der Waals surface area contributed by atoms with Gasteiger partial charge in [-0.25, -0.2) is 0 Å². The second kappa shape index (κ2) is 5.44. The highest BCUT2D eigenvalue weighted by atomic mass is 16.5. The van der Waals surface area contributed by atoms with E-state index in [1.54, 1.807) is 0 Å². The van der Waals surface area contributed by atoms with Crippen LogP contribution in [-0.4, -0.2) is 6.61 Å². The van der Waals surface area contributed by atoms with Crippen LogP contribution >= 0.6 is 0 Å². The number of benzene rings is 1. The summed E-state index contributed by atoms with van der Waals surface area (Å²) in [5.74, 6) is 0.744. The first-order valence-corrected chi connectivity index (χ1v) is 7.61. The Morgan fingerprint density at radius 1 is 0.889 bits per heavy atom. The normalized spacial score (nSPS) is 30.2. The lowest BCUT2D eigenvalue weighted by atomic mass is 9.70. The van der Waals surface area contributed by atoms with Gasteiger partial charge in [0.2, 0.25) is 0 Å². The van der Waals surface area contributed by atoms with Crippen LogP contribution in [0.4, 0.5) is 0 Å². The Bertz CT molecular complexity index is 358. The fourth-order valence-corrected chi connectivity index (χ4v) is 3.89. The molecule has 1 aliphatic carbocycles. The quantitative estimate of drug-likeness (QED) is 0.735. The van der Waals surface area contributed by atoms with Crippen LogP contribution in [0.1, 0.15) is 56.9 Å². The highest BCUT2D eigenvalue weighted by Crippen LogP contribution is 2.47. The SMILES string of the molecule is c1ccc(C2(C3CCCCC3)CCCCO2)cc1. The van der Waals surface area contributed by atoms with Crippen LogP contribution in [0.15, 0.2) is 30.3 Å². The molecule has 3 rings (SSSR count). The van der Waals surface area contributed by atoms with Gasteiger partial charge in [0.1, 0.15) is 0 Å². The lowest BCUT2D eigenvalue weighted by Gasteiger charge is -2.45. The molecule has 1 heteroatoms. The van der Waals surface area contributed by atoms with Crippen LogP contribution < -0.4 is 0 Å². The van der Waals surface area contributed by atoms with E-state index in [1.807, 2.05) is 0 Å². The first-order valence-electron chi connectivity index (χ1n) is 7.61. The second-order valence-electron chi connectivity index (χ2n) is 5.90. The largest absolute Gasteiger partial charge is 0.370 e. The van der Waals surface area contributed by atoms with Gasteiger partial charge in [-0.05, 0) is 43.6 Å². The van der Waals surface area contributed by atoms with Gasteiger partial charge < -0.3 is 4.74 Å². The van der Waals surface area contributed by atoms with E-state index in [0.29, 0.717) is 0 Å². The fourth-order valence-electron chi connectivity index (χ4n) is 3.89. The molecule has 0 aromatic heterocycles. The van der Waals surface area contributed by atoms with Gasteiger partial charge in [0.15, 0.2) is 0 Å². The van der Waals surface area contributed by atoms with Crippen LogP contribution in [0, 0.1) is 5.92 Å². The molecule has 1 aliphatic heterocycles. The second-order valence-corrected chi connectivity index (χ2v) is 5.90. The lowest BCUT2D eigenvalue weighted by Crippen LogP contribution is -2.41. The van der Waals surface area contributed by atoms with E-state index in [-0.39, 0.29) is 5.60 Å². The molecular formula is C17H24O. The maximum absolute atomic E-state index is 6.39. The maximum Gasteiger partial charge on any atom is 0.0959 e. The average Bonchev–Trinajstić information content (AvgIpc) is 2.50. The lowest BCUT2D eigenvalue weighted by molar-refractivity contribution is -0.131. The molecule has 1 saturated heterocycles. The van der Waals surface area contributed by atoms with Gasteiger partial charge in [-0.15, -0.1) is 0 Å². The molecule has 0 spiro atoms. The third kappa shape index (κ3) is 2.21. The predicted octanol–water partition coefficient (Wildman–Crippen LogP) is 4.66. The van der Waals surface area contributed by atoms with Crippen LogP contribution in [0.2, 0.25) is 0 Å². The Morgan fingerprint density at radius 2 is 1.67 bits per heavy atom. The van der Waals surface area contributed by atoms with Crippen molar-refractivity contribution in [1.29, 1.82) is 0 Å². The molecule has 0 amide bonds. The highest BCUT2D eigenvalue weighted by Gasteiger charge is 2.42. The smallest absolute Gasteiger partial charge is 0.0959 e. The van der Waals surface area contributed by atoms with Crippen molar-refractivity contribution in [2.45, 2.75) is 57.0 Å². The molecule has 18 heavy (non-hydrogen) atoms. The molecule has 2 aliphatic rings. The fraction of sp³-hybridized carbons (Fsp3) is 0.647. The molecule has 1 heterocycles. The summed E-state index contributed by atoms with van der Waals surface area (Å²) >= 11 is 0. The van der Waals surface area contributed by atoms with E-state index in [1.165, 1.54) is 56.9 Å². The molecule has 0 N–H and O–H groups in total. The van der Waals surface area contributed by atoms with Crippen LogP contribution in [0.3, 0.4) is 0 Å². The topological polar surface area (TPSA) is 9.23 Å². The monoisotopic (exact) mass is 244 g/mol. The molecule has 2 fully saturated rings. The third-order valence-corrected chi connectivity index (χ3v) is 4.83. The van der Waals surface area contributed by atoms with Crippen molar-refractivity contribution in [3.63, 3.8) is 0 Å². The standard InChI is InChI=1S/C17H24O/c1-3-9-15(10-4-1)17(13-7-8-14-18-17)16-11-5-2-6-12-16/h1,3-4,9-10,16H,2,5-8,11-14H2. The minimum Gasteiger partial charge on any atom is -0.370 e. The molecule has 98 valence electrons. The van der Waals surface area contributed by atoms with Gasteiger partial charge in [0.05, 0.1) is 5.60 Å². The minimum atomic E-state index is 0.0416. The molecular weight excluding hydrogens is 220 g/mol. The zero-order valence-electron chi connectivity index (χ0n) is 11.2. The van der Waals surface area contributed by atoms with Gasteiger partial charge in [0.25, 0.3) is 0 Å². The molecule has 0 radical (unpaired) electrons. The van der Waals surface area contributed by atoms with E-state index in [0.717, 1.165) is 12.5 Å². The summed E-state index contributed by atoms with van der Waals surface area (Å²) in [7, 11) is 0. The van der Waals surface area contributed by atoms with Crippen molar-refractivity contribution < 1.29 is 4.74 Å². The van der Waals surface area contributed by atoms with Crippen LogP contribution in [0.25, 0.3) is 0 Å². The van der Waals surface area contributed by atoms with Gasteiger partial charge in [-0.2, -0.15) is 0 Å². The van der Waals surface area contributed by atoms with Gasteiger partial charge in [0, 0.05) is 6.61 Å². The average molecular weight is 244 g/mol. The van der Waals surface area contributed by atoms with Crippen molar-refractivity contribution in [3.05, 3.63) is 35.9 Å². The van der Waals surface area contributed by atoms with Gasteiger partial charge in [-0.1, -0.05) is 49.6 Å². The summed E-state index contributed by atoms with van der Waals surface area (Å²) in [4.78, 5) is 0. The van der Waals surface area contributed by atoms with Crippen molar-refractivity contribution in [3.8, 4) is 0 Å². The molecule has 0 bridgehead atoms. The first kappa shape index (κ1) is 12.2. The molecule has 1 saturated carbocycles. The van der Waals surface area contributed by atoms with Gasteiger partial charge >= 0.3 is 0 Å². The van der Waals surface area contributed by atoms with Gasteiger partial charge in [-0.3, -0.25) is 0 Å². The predicted molar refractivity (Wildman–Crippen MR) is 74.5 cm³/mol. The van der Waals surface area contributed by atoms with Crippen molar-refractivity contribution in [2.24, 2.45) is 5.92 Å². The molecule has 1 aromatic rings. The minimum absolute atomic E-state index is 0.0416. The van der Waals surface area contributed by atoms with Crippen LogP contribution in [0.5, 0.6) is 0 Å². The number of rotatable bonds is 2. The van der Waals surface area contributed by atoms with Crippen molar-refractivity contribution in [2.75, 3.05) is 6.61 Å². The number of hydrogen-bond donors (Lipinski definition) is 0. The zero-order valence-corrected chi connectivity index (χ0v) is 11.2. The van der Waals surface area contributed by atoms with E-state index in [2.05, 4.69) is 30.3 Å². The summed E-state index contributed by atoms with van der Waals surface area (Å²) < 4.78 is 6.39. The molecule has 1 aromatic carbocycles. The van der Waals surface area contributed by atoms with Crippen LogP contribution in [-0.2, 0) is 10.3 Å². The van der Waals surface area contributed by atoms with E-state index in [9.17, 15) is 0 Å². The Balaban J connectivity index is 1.92. The maximum atomic E-state index is 6.39. The Labute approximate surface area is 111 Å². The Hall–Kier alpha value is -0.820. The summed E-state index contributed by atoms with van der Waals surface area (Å²) in [5.41, 5.74) is 1.47. The summed E-state index contributed by atoms with van der Waals surface area (Å²) in [5, 5.41) is 0. The summed E-state index contributed by atoms with van der Waals surface area (Å²) in [6.07, 6.45) is 10.7. The molecule has 1 atom stereocenters. The zero-order chi connectivity index (χ0) is 12.3. The Kier molecular flexibility index (Phi) is 3.69. The summed E-state index contributed by atoms with van der Waals surface area (Å²) in [6, 6.07) is 11.0. The molecule has 1 nitrogen and oxygen atoms in total. The first-order chi connectivity index (χ1) is 8.92. The number of hydrogen-bond acceptors (Lipinski definition) is 1.